The van der Waals surface area contributed by atoms with E-state index in [1.807, 2.05) is 43.3 Å². The predicted octanol–water partition coefficient (Wildman–Crippen LogP) is 0.276. The number of methoxy groups -OCH3 is 1. The van der Waals surface area contributed by atoms with Crippen molar-refractivity contribution in [3.8, 4) is 0 Å². The summed E-state index contributed by atoms with van der Waals surface area (Å²) < 4.78 is 5.81. The zero-order valence-electron chi connectivity index (χ0n) is 41.2. The number of ether oxygens (including phenoxy) is 1. The molecular formula is C48H72N10O12. The zero-order chi connectivity index (χ0) is 52.8. The molecule has 386 valence electrons. The lowest BCUT2D eigenvalue weighted by Gasteiger charge is -2.28. The normalized spacial score (nSPS) is 25.4. The van der Waals surface area contributed by atoms with Crippen molar-refractivity contribution in [2.24, 2.45) is 40.1 Å². The number of carbonyl (C=O) groups excluding carboxylic acids is 7. The Balaban J connectivity index is 2.70. The molecule has 13 N–H and O–H groups in total. The van der Waals surface area contributed by atoms with Crippen LogP contribution >= 0.6 is 0 Å². The molecule has 0 radical (unpaired) electrons. The summed E-state index contributed by atoms with van der Waals surface area (Å²) in [5.74, 6) is -12.7. The molecule has 0 aromatic heterocycles. The van der Waals surface area contributed by atoms with Gasteiger partial charge in [-0.3, -0.25) is 38.6 Å². The second kappa shape index (κ2) is 29.0. The lowest BCUT2D eigenvalue weighted by molar-refractivity contribution is -0.146. The highest BCUT2D eigenvalue weighted by molar-refractivity contribution is 6.00. The minimum Gasteiger partial charge on any atom is -0.480 e. The van der Waals surface area contributed by atoms with Gasteiger partial charge in [0.25, 0.3) is 5.91 Å². The summed E-state index contributed by atoms with van der Waals surface area (Å²) in [5, 5.41) is 37.5. The minimum absolute atomic E-state index is 0.00493. The van der Waals surface area contributed by atoms with E-state index in [1.165, 1.54) is 26.8 Å². The summed E-state index contributed by atoms with van der Waals surface area (Å²) in [6, 6.07) is 0.990. The van der Waals surface area contributed by atoms with Gasteiger partial charge in [-0.25, -0.2) is 9.59 Å². The quantitative estimate of drug-likeness (QED) is 0.0370. The minimum atomic E-state index is -1.88. The third-order valence-corrected chi connectivity index (χ3v) is 11.5. The van der Waals surface area contributed by atoms with Crippen molar-refractivity contribution >= 4 is 59.2 Å². The molecule has 1 aliphatic rings. The SMILES string of the molecule is C=C1NC(=O)CC[C@H](C(=O)O)NC(=O)C(C)C(/C=C/C(C)=C/[C@H](C)[C@H](Cc2ccccc2)OC)NC(=O)[C@H](CCCN=C(N)N)NC(=O)[C@@H](C)[C@H](C(=O)O)NC(=O)[C@H](CC(C)C)NC(=O)[C@@H](C)NC1=O. The molecule has 1 aromatic rings. The number of guanidine groups is 1. The number of carboxylic acid groups (broad SMARTS) is 2. The van der Waals surface area contributed by atoms with E-state index in [4.69, 9.17) is 16.2 Å². The van der Waals surface area contributed by atoms with Crippen LogP contribution in [0.3, 0.4) is 0 Å². The van der Waals surface area contributed by atoms with E-state index in [0.29, 0.717) is 12.0 Å². The van der Waals surface area contributed by atoms with Gasteiger partial charge in [-0.15, -0.1) is 0 Å². The Morgan fingerprint density at radius 2 is 1.44 bits per heavy atom. The second-order valence-electron chi connectivity index (χ2n) is 17.9. The fraction of sp³-hybridized carbons (Fsp3) is 0.542. The number of aliphatic carboxylic acids is 2. The number of hydrogen-bond donors (Lipinski definition) is 11. The number of nitrogens with zero attached hydrogens (tertiary/aromatic N) is 1. The van der Waals surface area contributed by atoms with Crippen LogP contribution in [0.1, 0.15) is 86.1 Å². The van der Waals surface area contributed by atoms with E-state index >= 15 is 0 Å². The van der Waals surface area contributed by atoms with Crippen LogP contribution in [0.4, 0.5) is 0 Å². The molecule has 1 aliphatic heterocycles. The summed E-state index contributed by atoms with van der Waals surface area (Å²) in [4.78, 5) is 124. The third-order valence-electron chi connectivity index (χ3n) is 11.5. The molecule has 1 aromatic carbocycles. The van der Waals surface area contributed by atoms with Crippen LogP contribution in [-0.2, 0) is 54.3 Å². The fourth-order valence-corrected chi connectivity index (χ4v) is 7.28. The van der Waals surface area contributed by atoms with Crippen LogP contribution in [0.15, 0.2) is 71.4 Å². The van der Waals surface area contributed by atoms with Gasteiger partial charge < -0.3 is 63.6 Å². The number of allylic oxidation sites excluding steroid dienone is 2. The molecule has 0 spiro atoms. The van der Waals surface area contributed by atoms with Crippen molar-refractivity contribution in [2.45, 2.75) is 129 Å². The summed E-state index contributed by atoms with van der Waals surface area (Å²) in [7, 11) is 1.61. The van der Waals surface area contributed by atoms with E-state index in [2.05, 4.69) is 48.8 Å². The summed E-state index contributed by atoms with van der Waals surface area (Å²) in [6.07, 6.45) is 4.59. The molecule has 70 heavy (non-hydrogen) atoms. The number of carbonyl (C=O) groups is 9. The average molecular weight is 981 g/mol. The van der Waals surface area contributed by atoms with E-state index in [-0.39, 0.29) is 49.7 Å². The smallest absolute Gasteiger partial charge is 0.327 e. The lowest BCUT2D eigenvalue weighted by Crippen LogP contribution is -2.59. The van der Waals surface area contributed by atoms with Crippen LogP contribution in [0, 0.1) is 23.7 Å². The second-order valence-corrected chi connectivity index (χ2v) is 17.9. The van der Waals surface area contributed by atoms with Crippen molar-refractivity contribution in [1.82, 2.24) is 37.2 Å². The Bertz CT molecular complexity index is 2120. The van der Waals surface area contributed by atoms with Gasteiger partial charge in [0.05, 0.1) is 29.7 Å². The molecule has 0 bridgehead atoms. The van der Waals surface area contributed by atoms with Crippen molar-refractivity contribution in [3.05, 3.63) is 72.0 Å². The lowest BCUT2D eigenvalue weighted by atomic mass is 9.94. The predicted molar refractivity (Wildman–Crippen MR) is 260 cm³/mol. The first-order chi connectivity index (χ1) is 32.8. The molecule has 2 rings (SSSR count). The Morgan fingerprint density at radius 3 is 2.03 bits per heavy atom. The maximum absolute atomic E-state index is 14.3. The highest BCUT2D eigenvalue weighted by atomic mass is 16.5. The Hall–Kier alpha value is -7.10. The molecule has 1 saturated heterocycles. The third kappa shape index (κ3) is 20.2. The summed E-state index contributed by atoms with van der Waals surface area (Å²) in [6.45, 7) is 14.7. The molecule has 7 amide bonds. The van der Waals surface area contributed by atoms with Crippen molar-refractivity contribution < 1.29 is 58.1 Å². The first-order valence-corrected chi connectivity index (χ1v) is 23.1. The molecule has 2 unspecified atom stereocenters. The Kier molecular flexibility index (Phi) is 24.5. The number of rotatable bonds is 15. The van der Waals surface area contributed by atoms with Crippen LogP contribution in [0.5, 0.6) is 0 Å². The van der Waals surface area contributed by atoms with E-state index in [9.17, 15) is 53.4 Å². The molecular weight excluding hydrogens is 909 g/mol. The van der Waals surface area contributed by atoms with Gasteiger partial charge >= 0.3 is 11.9 Å². The van der Waals surface area contributed by atoms with Crippen LogP contribution in [-0.4, -0.2) is 125 Å². The topological polar surface area (TPSA) is 352 Å². The van der Waals surface area contributed by atoms with Crippen LogP contribution in [0.2, 0.25) is 0 Å². The van der Waals surface area contributed by atoms with Crippen LogP contribution < -0.4 is 48.7 Å². The average Bonchev–Trinajstić information content (AvgIpc) is 3.29. The van der Waals surface area contributed by atoms with Gasteiger partial charge in [-0.2, -0.15) is 0 Å². The van der Waals surface area contributed by atoms with E-state index in [0.717, 1.165) is 5.56 Å². The Morgan fingerprint density at radius 1 is 0.829 bits per heavy atom. The molecule has 10 atom stereocenters. The van der Waals surface area contributed by atoms with Crippen molar-refractivity contribution in [1.29, 1.82) is 0 Å². The molecule has 0 saturated carbocycles. The number of amides is 7. The number of nitrogens with one attached hydrogen (secondary N) is 7. The van der Waals surface area contributed by atoms with Crippen molar-refractivity contribution in [3.63, 3.8) is 0 Å². The van der Waals surface area contributed by atoms with Gasteiger partial charge in [0.15, 0.2) is 5.96 Å². The summed E-state index contributed by atoms with van der Waals surface area (Å²) in [5.41, 5.74) is 12.3. The van der Waals surface area contributed by atoms with Gasteiger partial charge in [0.2, 0.25) is 35.4 Å². The number of hydrogen-bond acceptors (Lipinski definition) is 11. The maximum Gasteiger partial charge on any atom is 0.327 e. The Labute approximate surface area is 408 Å². The van der Waals surface area contributed by atoms with E-state index < -0.39 is 120 Å². The van der Waals surface area contributed by atoms with Gasteiger partial charge in [-0.1, -0.05) is 95.3 Å². The van der Waals surface area contributed by atoms with Crippen LogP contribution in [0.25, 0.3) is 0 Å². The first kappa shape index (κ1) is 59.0. The number of carboxylic acids is 2. The number of benzene rings is 1. The monoisotopic (exact) mass is 981 g/mol. The van der Waals surface area contributed by atoms with Crippen molar-refractivity contribution in [2.75, 3.05) is 13.7 Å². The number of aliphatic imine (C=N–C) groups is 1. The van der Waals surface area contributed by atoms with Gasteiger partial charge in [-0.05, 0) is 57.4 Å². The molecule has 0 aliphatic carbocycles. The summed E-state index contributed by atoms with van der Waals surface area (Å²) >= 11 is 0. The van der Waals surface area contributed by atoms with E-state index in [1.54, 1.807) is 34.0 Å². The highest BCUT2D eigenvalue weighted by Crippen LogP contribution is 2.19. The molecule has 22 heteroatoms. The maximum atomic E-state index is 14.3. The first-order valence-electron chi connectivity index (χ1n) is 23.1. The zero-order valence-corrected chi connectivity index (χ0v) is 41.2. The number of nitrogens with two attached hydrogens (primary N) is 2. The standard InChI is InChI=1S/C48H72N10O12/c1-25(2)22-36-45(65)58-39(47(68)69)29(6)41(61)55-34(16-13-21-51-48(49)50)44(64)54-33(18-17-26(3)23-27(4)37(70-9)24-32-14-11-10-12-15-32)28(5)40(60)56-35(46(66)67)19-20-38(59)52-30(7)42(62)53-31(8)43(63)57-36/h10-12,14-15,17-18,23,25,27-29,31,33-37,39H,7,13,16,19-22,24H2,1-6,8-9H3,(H,52,59)(H,53,62)(H,54,64)(H,55,61)(H,56,60)(H,57,63)(H,58,65)(H,66,67)(H,68,69)(H4,49,50,51)/b18-17+,26-23+/t27-,28?,29-,31+,33?,34-,35+,36-,37-,39+/m0/s1. The fourth-order valence-electron chi connectivity index (χ4n) is 7.28. The molecule has 22 nitrogen and oxygen atoms in total. The largest absolute Gasteiger partial charge is 0.480 e. The molecule has 1 fully saturated rings. The highest BCUT2D eigenvalue weighted by Gasteiger charge is 2.37. The molecule has 1 heterocycles. The van der Waals surface area contributed by atoms with Gasteiger partial charge in [0, 0.05) is 26.0 Å². The van der Waals surface area contributed by atoms with Gasteiger partial charge in [0.1, 0.15) is 30.2 Å².